The standard InChI is InChI=1S/C22H30N4O2/c1-25-15-18(14-24-25)22-17(11-21(27)26(22)2)13-23-12-16-6-5-9-20(10-16)28-19-7-3-4-8-19/h5-6,9-10,14-15,17,19,22-23H,3-4,7-8,11-13H2,1-2H3/t17-,22+/m0/s1. The molecular formula is C22H30N4O2. The lowest BCUT2D eigenvalue weighted by Crippen LogP contribution is -2.28. The van der Waals surface area contributed by atoms with E-state index >= 15 is 0 Å². The van der Waals surface area contributed by atoms with E-state index in [1.807, 2.05) is 37.5 Å². The van der Waals surface area contributed by atoms with Crippen LogP contribution in [0, 0.1) is 5.92 Å². The molecule has 150 valence electrons. The van der Waals surface area contributed by atoms with Gasteiger partial charge in [-0.25, -0.2) is 0 Å². The van der Waals surface area contributed by atoms with Gasteiger partial charge in [-0.2, -0.15) is 5.10 Å². The van der Waals surface area contributed by atoms with Crippen LogP contribution in [-0.4, -0.2) is 40.3 Å². The van der Waals surface area contributed by atoms with Crippen LogP contribution in [0.2, 0.25) is 0 Å². The second-order valence-electron chi connectivity index (χ2n) is 8.16. The highest BCUT2D eigenvalue weighted by Crippen LogP contribution is 2.36. The van der Waals surface area contributed by atoms with E-state index in [4.69, 9.17) is 4.74 Å². The van der Waals surface area contributed by atoms with E-state index < -0.39 is 0 Å². The number of hydrogen-bond donors (Lipinski definition) is 1. The van der Waals surface area contributed by atoms with Crippen LogP contribution in [0.5, 0.6) is 5.75 Å². The van der Waals surface area contributed by atoms with Crippen molar-refractivity contribution in [1.29, 1.82) is 0 Å². The maximum absolute atomic E-state index is 12.3. The molecule has 2 atom stereocenters. The first-order valence-corrected chi connectivity index (χ1v) is 10.3. The van der Waals surface area contributed by atoms with Crippen molar-refractivity contribution in [2.24, 2.45) is 13.0 Å². The number of likely N-dealkylation sites (tertiary alicyclic amines) is 1. The molecule has 0 spiro atoms. The molecule has 0 bridgehead atoms. The molecule has 1 aromatic heterocycles. The number of amides is 1. The van der Waals surface area contributed by atoms with E-state index in [0.29, 0.717) is 12.5 Å². The van der Waals surface area contributed by atoms with Gasteiger partial charge in [-0.05, 0) is 43.4 Å². The fourth-order valence-corrected chi connectivity index (χ4v) is 4.55. The van der Waals surface area contributed by atoms with Crippen molar-refractivity contribution in [2.75, 3.05) is 13.6 Å². The molecule has 2 fully saturated rings. The Kier molecular flexibility index (Phi) is 5.67. The van der Waals surface area contributed by atoms with Crippen molar-refractivity contribution < 1.29 is 9.53 Å². The Labute approximate surface area is 166 Å². The lowest BCUT2D eigenvalue weighted by molar-refractivity contribution is -0.127. The molecule has 0 radical (unpaired) electrons. The molecule has 1 aliphatic heterocycles. The zero-order chi connectivity index (χ0) is 19.5. The number of ether oxygens (including phenoxy) is 1. The first-order valence-electron chi connectivity index (χ1n) is 10.3. The lowest BCUT2D eigenvalue weighted by Gasteiger charge is -2.24. The van der Waals surface area contributed by atoms with Crippen molar-refractivity contribution in [2.45, 2.75) is 50.8 Å². The van der Waals surface area contributed by atoms with E-state index in [1.54, 1.807) is 4.68 Å². The number of carbonyl (C=O) groups is 1. The summed E-state index contributed by atoms with van der Waals surface area (Å²) in [7, 11) is 3.80. The van der Waals surface area contributed by atoms with Crippen molar-refractivity contribution in [1.82, 2.24) is 20.0 Å². The molecule has 1 aliphatic carbocycles. The second-order valence-corrected chi connectivity index (χ2v) is 8.16. The van der Waals surface area contributed by atoms with Crippen LogP contribution in [-0.2, 0) is 18.4 Å². The van der Waals surface area contributed by atoms with Gasteiger partial charge in [0, 0.05) is 51.3 Å². The smallest absolute Gasteiger partial charge is 0.223 e. The molecule has 6 nitrogen and oxygen atoms in total. The molecule has 1 amide bonds. The molecule has 1 saturated carbocycles. The normalized spacial score (nSPS) is 22.9. The molecule has 0 unspecified atom stereocenters. The summed E-state index contributed by atoms with van der Waals surface area (Å²) < 4.78 is 7.91. The number of hydrogen-bond acceptors (Lipinski definition) is 4. The van der Waals surface area contributed by atoms with Gasteiger partial charge in [0.2, 0.25) is 5.91 Å². The second kappa shape index (κ2) is 8.35. The zero-order valence-electron chi connectivity index (χ0n) is 16.8. The molecule has 1 aromatic carbocycles. The topological polar surface area (TPSA) is 59.4 Å². The molecule has 2 aromatic rings. The van der Waals surface area contributed by atoms with Crippen molar-refractivity contribution >= 4 is 5.91 Å². The minimum atomic E-state index is 0.0886. The van der Waals surface area contributed by atoms with Crippen LogP contribution in [0.15, 0.2) is 36.7 Å². The molecule has 1 saturated heterocycles. The van der Waals surface area contributed by atoms with Crippen LogP contribution in [0.4, 0.5) is 0 Å². The Bertz CT molecular complexity index is 812. The Balaban J connectivity index is 1.34. The van der Waals surface area contributed by atoms with Gasteiger partial charge in [0.25, 0.3) is 0 Å². The van der Waals surface area contributed by atoms with E-state index in [-0.39, 0.29) is 17.9 Å². The minimum absolute atomic E-state index is 0.0886. The van der Waals surface area contributed by atoms with Crippen LogP contribution in [0.3, 0.4) is 0 Å². The summed E-state index contributed by atoms with van der Waals surface area (Å²) in [6, 6.07) is 8.46. The summed E-state index contributed by atoms with van der Waals surface area (Å²) in [4.78, 5) is 14.1. The van der Waals surface area contributed by atoms with Gasteiger partial charge in [0.05, 0.1) is 18.3 Å². The number of carbonyl (C=O) groups excluding carboxylic acids is 1. The summed E-state index contributed by atoms with van der Waals surface area (Å²) in [5.41, 5.74) is 2.32. The highest BCUT2D eigenvalue weighted by Gasteiger charge is 2.38. The molecule has 2 heterocycles. The number of nitrogens with zero attached hydrogens (tertiary/aromatic N) is 3. The van der Waals surface area contributed by atoms with Crippen molar-refractivity contribution in [3.05, 3.63) is 47.8 Å². The summed E-state index contributed by atoms with van der Waals surface area (Å²) in [6.45, 7) is 1.57. The van der Waals surface area contributed by atoms with E-state index in [0.717, 1.165) is 24.4 Å². The maximum atomic E-state index is 12.3. The SMILES string of the molecule is CN1C(=O)C[C@@H](CNCc2cccc(OC3CCCC3)c2)[C@@H]1c1cnn(C)c1. The van der Waals surface area contributed by atoms with Gasteiger partial charge >= 0.3 is 0 Å². The molecule has 6 heteroatoms. The van der Waals surface area contributed by atoms with Crippen LogP contribution in [0.1, 0.15) is 49.3 Å². The zero-order valence-corrected chi connectivity index (χ0v) is 16.8. The lowest BCUT2D eigenvalue weighted by atomic mass is 9.95. The molecular weight excluding hydrogens is 352 g/mol. The summed E-state index contributed by atoms with van der Waals surface area (Å²) in [5, 5.41) is 7.83. The average Bonchev–Trinajstić information content (AvgIpc) is 3.39. The predicted molar refractivity (Wildman–Crippen MR) is 108 cm³/mol. The number of benzene rings is 1. The van der Waals surface area contributed by atoms with Gasteiger partial charge in [-0.15, -0.1) is 0 Å². The van der Waals surface area contributed by atoms with E-state index in [9.17, 15) is 4.79 Å². The average molecular weight is 383 g/mol. The monoisotopic (exact) mass is 382 g/mol. The third-order valence-electron chi connectivity index (χ3n) is 6.00. The van der Waals surface area contributed by atoms with Crippen LogP contribution >= 0.6 is 0 Å². The quantitative estimate of drug-likeness (QED) is 0.800. The summed E-state index contributed by atoms with van der Waals surface area (Å²) in [5.74, 6) is 1.42. The Hall–Kier alpha value is -2.34. The predicted octanol–water partition coefficient (Wildman–Crippen LogP) is 3.05. The van der Waals surface area contributed by atoms with Gasteiger partial charge in [0.15, 0.2) is 0 Å². The molecule has 1 N–H and O–H groups in total. The fourth-order valence-electron chi connectivity index (χ4n) is 4.55. The maximum Gasteiger partial charge on any atom is 0.223 e. The first-order chi connectivity index (χ1) is 13.6. The number of rotatable bonds is 7. The molecule has 2 aliphatic rings. The van der Waals surface area contributed by atoms with Crippen molar-refractivity contribution in [3.63, 3.8) is 0 Å². The summed E-state index contributed by atoms with van der Waals surface area (Å²) in [6.07, 6.45) is 9.73. The molecule has 4 rings (SSSR count). The van der Waals surface area contributed by atoms with E-state index in [1.165, 1.54) is 31.2 Å². The van der Waals surface area contributed by atoms with E-state index in [2.05, 4.69) is 28.6 Å². The number of nitrogens with one attached hydrogen (secondary N) is 1. The first kappa shape index (κ1) is 19.0. The number of aromatic nitrogens is 2. The highest BCUT2D eigenvalue weighted by molar-refractivity contribution is 5.79. The highest BCUT2D eigenvalue weighted by atomic mass is 16.5. The van der Waals surface area contributed by atoms with Crippen molar-refractivity contribution in [3.8, 4) is 5.75 Å². The van der Waals surface area contributed by atoms with Gasteiger partial charge in [0.1, 0.15) is 5.75 Å². The Morgan fingerprint density at radius 3 is 2.82 bits per heavy atom. The van der Waals surface area contributed by atoms with Gasteiger partial charge in [-0.3, -0.25) is 9.48 Å². The summed E-state index contributed by atoms with van der Waals surface area (Å²) >= 11 is 0. The fraction of sp³-hybridized carbons (Fsp3) is 0.545. The molecule has 28 heavy (non-hydrogen) atoms. The third kappa shape index (κ3) is 4.22. The Morgan fingerprint density at radius 1 is 1.25 bits per heavy atom. The largest absolute Gasteiger partial charge is 0.490 e. The third-order valence-corrected chi connectivity index (χ3v) is 6.00. The van der Waals surface area contributed by atoms with Crippen LogP contribution in [0.25, 0.3) is 0 Å². The number of aryl methyl sites for hydroxylation is 1. The Morgan fingerprint density at radius 2 is 2.07 bits per heavy atom. The minimum Gasteiger partial charge on any atom is -0.490 e. The van der Waals surface area contributed by atoms with Gasteiger partial charge < -0.3 is 15.0 Å². The van der Waals surface area contributed by atoms with Gasteiger partial charge in [-0.1, -0.05) is 12.1 Å². The van der Waals surface area contributed by atoms with Crippen LogP contribution < -0.4 is 10.1 Å².